The van der Waals surface area contributed by atoms with Crippen LogP contribution < -0.4 is 5.32 Å². The molecule has 2 bridgehead atoms. The van der Waals surface area contributed by atoms with E-state index in [2.05, 4.69) is 41.4 Å². The van der Waals surface area contributed by atoms with Gasteiger partial charge in [0.2, 0.25) is 0 Å². The molecule has 1 aromatic rings. The van der Waals surface area contributed by atoms with E-state index in [1.54, 1.807) is 0 Å². The third-order valence-corrected chi connectivity index (χ3v) is 4.10. The minimum atomic E-state index is 0.743. The van der Waals surface area contributed by atoms with Crippen LogP contribution in [-0.2, 0) is 6.54 Å². The van der Waals surface area contributed by atoms with Crippen molar-refractivity contribution < 1.29 is 0 Å². The van der Waals surface area contributed by atoms with Gasteiger partial charge in [0, 0.05) is 31.7 Å². The van der Waals surface area contributed by atoms with Crippen molar-refractivity contribution in [3.8, 4) is 0 Å². The van der Waals surface area contributed by atoms with Crippen LogP contribution in [0.5, 0.6) is 0 Å². The second-order valence-corrected chi connectivity index (χ2v) is 5.65. The topological polar surface area (TPSA) is 15.3 Å². The number of nitrogens with zero attached hydrogens (tertiary/aromatic N) is 1. The molecule has 2 saturated heterocycles. The van der Waals surface area contributed by atoms with E-state index < -0.39 is 0 Å². The van der Waals surface area contributed by atoms with Gasteiger partial charge in [-0.3, -0.25) is 4.90 Å². The third kappa shape index (κ3) is 2.70. The summed E-state index contributed by atoms with van der Waals surface area (Å²) in [6, 6.07) is 10.5. The second-order valence-electron chi connectivity index (χ2n) is 5.65. The molecule has 2 atom stereocenters. The molecule has 2 aliphatic heterocycles. The maximum Gasteiger partial charge on any atom is 0.0234 e. The van der Waals surface area contributed by atoms with Crippen molar-refractivity contribution in [2.75, 3.05) is 13.1 Å². The summed E-state index contributed by atoms with van der Waals surface area (Å²) in [5, 5.41) is 3.74. The maximum absolute atomic E-state index is 3.74. The molecule has 3 rings (SSSR count). The number of hydrogen-bond donors (Lipinski definition) is 1. The summed E-state index contributed by atoms with van der Waals surface area (Å²) in [5.74, 6) is 0. The summed E-state index contributed by atoms with van der Waals surface area (Å²) in [7, 11) is 0. The Morgan fingerprint density at radius 2 is 2.12 bits per heavy atom. The molecule has 0 radical (unpaired) electrons. The highest BCUT2D eigenvalue weighted by Crippen LogP contribution is 2.21. The predicted octanol–water partition coefficient (Wildman–Crippen LogP) is 2.32. The summed E-state index contributed by atoms with van der Waals surface area (Å²) in [6.07, 6.45) is 4.08. The molecule has 1 aromatic carbocycles. The first kappa shape index (κ1) is 11.2. The van der Waals surface area contributed by atoms with Crippen LogP contribution in [0.15, 0.2) is 24.3 Å². The monoisotopic (exact) mass is 230 g/mol. The summed E-state index contributed by atoms with van der Waals surface area (Å²) >= 11 is 0. The first-order valence-electron chi connectivity index (χ1n) is 6.83. The number of rotatable bonds is 2. The smallest absolute Gasteiger partial charge is 0.0234 e. The van der Waals surface area contributed by atoms with E-state index >= 15 is 0 Å². The molecule has 2 fully saturated rings. The molecular formula is C15H22N2. The quantitative estimate of drug-likeness (QED) is 0.839. The maximum atomic E-state index is 3.74. The normalized spacial score (nSPS) is 29.2. The van der Waals surface area contributed by atoms with E-state index in [-0.39, 0.29) is 0 Å². The highest BCUT2D eigenvalue weighted by Gasteiger charge is 2.28. The van der Waals surface area contributed by atoms with E-state index in [1.807, 2.05) is 0 Å². The van der Waals surface area contributed by atoms with Crippen LogP contribution in [0.25, 0.3) is 0 Å². The number of fused-ring (bicyclic) bond motifs is 2. The zero-order chi connectivity index (χ0) is 11.7. The molecule has 1 N–H and O–H groups in total. The largest absolute Gasteiger partial charge is 0.310 e. The van der Waals surface area contributed by atoms with Gasteiger partial charge in [0.1, 0.15) is 0 Å². The SMILES string of the molecule is Cc1cccc(CN2CCC3CCC(C2)N3)c1. The molecule has 2 unspecified atom stereocenters. The first-order valence-corrected chi connectivity index (χ1v) is 6.83. The van der Waals surface area contributed by atoms with Gasteiger partial charge >= 0.3 is 0 Å². The molecule has 17 heavy (non-hydrogen) atoms. The summed E-state index contributed by atoms with van der Waals surface area (Å²) in [6.45, 7) is 5.77. The predicted molar refractivity (Wildman–Crippen MR) is 71.0 cm³/mol. The summed E-state index contributed by atoms with van der Waals surface area (Å²) < 4.78 is 0. The number of aryl methyl sites for hydroxylation is 1. The van der Waals surface area contributed by atoms with E-state index in [0.717, 1.165) is 18.6 Å². The van der Waals surface area contributed by atoms with E-state index in [9.17, 15) is 0 Å². The average Bonchev–Trinajstić information content (AvgIpc) is 2.63. The van der Waals surface area contributed by atoms with Crippen molar-refractivity contribution >= 4 is 0 Å². The standard InChI is InChI=1S/C15H22N2/c1-12-3-2-4-13(9-12)10-17-8-7-14-5-6-15(11-17)16-14/h2-4,9,14-16H,5-8,10-11H2,1H3. The Bertz CT molecular complexity index is 388. The van der Waals surface area contributed by atoms with Gasteiger partial charge in [-0.25, -0.2) is 0 Å². The fourth-order valence-corrected chi connectivity index (χ4v) is 3.23. The second kappa shape index (κ2) is 4.79. The molecule has 0 amide bonds. The van der Waals surface area contributed by atoms with E-state index in [1.165, 1.54) is 43.5 Å². The molecule has 2 heteroatoms. The van der Waals surface area contributed by atoms with E-state index in [4.69, 9.17) is 0 Å². The zero-order valence-corrected chi connectivity index (χ0v) is 10.7. The van der Waals surface area contributed by atoms with Crippen LogP contribution in [0.1, 0.15) is 30.4 Å². The Morgan fingerprint density at radius 1 is 1.24 bits per heavy atom. The van der Waals surface area contributed by atoms with Gasteiger partial charge in [0.15, 0.2) is 0 Å². The summed E-state index contributed by atoms with van der Waals surface area (Å²) in [4.78, 5) is 2.62. The van der Waals surface area contributed by atoms with Crippen LogP contribution >= 0.6 is 0 Å². The van der Waals surface area contributed by atoms with Gasteiger partial charge in [-0.1, -0.05) is 29.8 Å². The summed E-state index contributed by atoms with van der Waals surface area (Å²) in [5.41, 5.74) is 2.83. The zero-order valence-electron chi connectivity index (χ0n) is 10.7. The molecule has 0 spiro atoms. The minimum Gasteiger partial charge on any atom is -0.310 e. The van der Waals surface area contributed by atoms with Crippen LogP contribution in [-0.4, -0.2) is 30.1 Å². The van der Waals surface area contributed by atoms with Crippen molar-refractivity contribution in [2.45, 2.75) is 44.8 Å². The Kier molecular flexibility index (Phi) is 3.17. The van der Waals surface area contributed by atoms with Crippen molar-refractivity contribution in [3.05, 3.63) is 35.4 Å². The lowest BCUT2D eigenvalue weighted by Gasteiger charge is -2.24. The first-order chi connectivity index (χ1) is 8.29. The third-order valence-electron chi connectivity index (χ3n) is 4.10. The van der Waals surface area contributed by atoms with Crippen molar-refractivity contribution in [2.24, 2.45) is 0 Å². The van der Waals surface area contributed by atoms with E-state index in [0.29, 0.717) is 0 Å². The number of benzene rings is 1. The minimum absolute atomic E-state index is 0.743. The van der Waals surface area contributed by atoms with Gasteiger partial charge in [0.25, 0.3) is 0 Å². The molecule has 0 aliphatic carbocycles. The van der Waals surface area contributed by atoms with Gasteiger partial charge < -0.3 is 5.32 Å². The van der Waals surface area contributed by atoms with Crippen LogP contribution in [0.2, 0.25) is 0 Å². The fraction of sp³-hybridized carbons (Fsp3) is 0.600. The van der Waals surface area contributed by atoms with Crippen molar-refractivity contribution in [3.63, 3.8) is 0 Å². The Morgan fingerprint density at radius 3 is 3.00 bits per heavy atom. The number of nitrogens with one attached hydrogen (secondary N) is 1. The molecule has 2 aliphatic rings. The molecular weight excluding hydrogens is 208 g/mol. The van der Waals surface area contributed by atoms with Gasteiger partial charge in [-0.15, -0.1) is 0 Å². The molecule has 92 valence electrons. The van der Waals surface area contributed by atoms with Gasteiger partial charge in [-0.05, 0) is 31.7 Å². The highest BCUT2D eigenvalue weighted by molar-refractivity contribution is 5.22. The van der Waals surface area contributed by atoms with Gasteiger partial charge in [-0.2, -0.15) is 0 Å². The van der Waals surface area contributed by atoms with Crippen molar-refractivity contribution in [1.82, 2.24) is 10.2 Å². The van der Waals surface area contributed by atoms with Crippen LogP contribution in [0.3, 0.4) is 0 Å². The molecule has 2 nitrogen and oxygen atoms in total. The lowest BCUT2D eigenvalue weighted by atomic mass is 10.1. The Balaban J connectivity index is 1.65. The van der Waals surface area contributed by atoms with Crippen molar-refractivity contribution in [1.29, 1.82) is 0 Å². The Labute approximate surface area is 104 Å². The molecule has 2 heterocycles. The highest BCUT2D eigenvalue weighted by atomic mass is 15.2. The fourth-order valence-electron chi connectivity index (χ4n) is 3.23. The number of likely N-dealkylation sites (tertiary alicyclic amines) is 1. The van der Waals surface area contributed by atoms with Crippen LogP contribution in [0.4, 0.5) is 0 Å². The molecule has 0 aromatic heterocycles. The number of hydrogen-bond acceptors (Lipinski definition) is 2. The lowest BCUT2D eigenvalue weighted by Crippen LogP contribution is -2.34. The Hall–Kier alpha value is -0.860. The lowest BCUT2D eigenvalue weighted by molar-refractivity contribution is 0.251. The average molecular weight is 230 g/mol. The molecule has 0 saturated carbocycles. The van der Waals surface area contributed by atoms with Gasteiger partial charge in [0.05, 0.1) is 0 Å². The van der Waals surface area contributed by atoms with Crippen LogP contribution in [0, 0.1) is 6.92 Å².